The average molecular weight is 339 g/mol. The molecule has 0 fully saturated rings. The van der Waals surface area contributed by atoms with Gasteiger partial charge in [-0.15, -0.1) is 0 Å². The van der Waals surface area contributed by atoms with Crippen LogP contribution in [-0.2, 0) is 6.42 Å². The molecule has 0 atom stereocenters. The Bertz CT molecular complexity index is 718. The maximum absolute atomic E-state index is 5.82. The summed E-state index contributed by atoms with van der Waals surface area (Å²) in [5.41, 5.74) is 5.62. The molecular formula is C21H29N3O. The lowest BCUT2D eigenvalue weighted by molar-refractivity contribution is 0.309. The number of nitrogens with zero attached hydrogens (tertiary/aromatic N) is 3. The van der Waals surface area contributed by atoms with E-state index in [0.29, 0.717) is 18.5 Å². The van der Waals surface area contributed by atoms with Gasteiger partial charge in [-0.25, -0.2) is 9.98 Å². The highest BCUT2D eigenvalue weighted by molar-refractivity contribution is 5.62. The van der Waals surface area contributed by atoms with Crippen molar-refractivity contribution in [3.63, 3.8) is 0 Å². The molecule has 0 aliphatic rings. The molecule has 0 aliphatic heterocycles. The Morgan fingerprint density at radius 3 is 2.40 bits per heavy atom. The first-order chi connectivity index (χ1) is 11.8. The molecule has 1 aromatic heterocycles. The lowest BCUT2D eigenvalue weighted by atomic mass is 10.1. The van der Waals surface area contributed by atoms with Crippen LogP contribution < -0.4 is 4.74 Å². The van der Waals surface area contributed by atoms with E-state index < -0.39 is 0 Å². The summed E-state index contributed by atoms with van der Waals surface area (Å²) in [6.07, 6.45) is 2.72. The number of pyridine rings is 1. The third-order valence-electron chi connectivity index (χ3n) is 4.15. The maximum Gasteiger partial charge on any atom is 0.213 e. The number of aryl methyl sites for hydroxylation is 3. The van der Waals surface area contributed by atoms with Gasteiger partial charge in [0.15, 0.2) is 0 Å². The Morgan fingerprint density at radius 1 is 1.12 bits per heavy atom. The van der Waals surface area contributed by atoms with Gasteiger partial charge >= 0.3 is 0 Å². The minimum absolute atomic E-state index is 0.421. The molecule has 0 N–H and O–H groups in total. The van der Waals surface area contributed by atoms with Crippen LogP contribution in [0.15, 0.2) is 35.3 Å². The van der Waals surface area contributed by atoms with Crippen LogP contribution in [0.5, 0.6) is 5.88 Å². The van der Waals surface area contributed by atoms with Crippen molar-refractivity contribution in [1.82, 2.24) is 9.88 Å². The SMILES string of the molecule is Cc1cc(C)cc(CCOc2ccc(/N=C/N(C)C(C)C)c(C)n2)c1. The van der Waals surface area contributed by atoms with Crippen LogP contribution in [-0.4, -0.2) is 35.9 Å². The zero-order valence-electron chi connectivity index (χ0n) is 16.2. The molecule has 1 aromatic carbocycles. The number of aromatic nitrogens is 1. The lowest BCUT2D eigenvalue weighted by Crippen LogP contribution is -2.24. The molecule has 0 bridgehead atoms. The van der Waals surface area contributed by atoms with Gasteiger partial charge in [0.25, 0.3) is 0 Å². The molecule has 2 rings (SSSR count). The van der Waals surface area contributed by atoms with Gasteiger partial charge in [-0.1, -0.05) is 29.3 Å². The van der Waals surface area contributed by atoms with E-state index in [9.17, 15) is 0 Å². The summed E-state index contributed by atoms with van der Waals surface area (Å²) >= 11 is 0. The Morgan fingerprint density at radius 2 is 1.80 bits per heavy atom. The summed E-state index contributed by atoms with van der Waals surface area (Å²) in [6.45, 7) is 11.1. The van der Waals surface area contributed by atoms with Crippen molar-refractivity contribution in [3.05, 3.63) is 52.7 Å². The molecule has 0 spiro atoms. The van der Waals surface area contributed by atoms with Crippen molar-refractivity contribution < 1.29 is 4.74 Å². The van der Waals surface area contributed by atoms with Crippen LogP contribution in [0.2, 0.25) is 0 Å². The van der Waals surface area contributed by atoms with Gasteiger partial charge in [0.2, 0.25) is 5.88 Å². The fraction of sp³-hybridized carbons (Fsp3) is 0.429. The van der Waals surface area contributed by atoms with Gasteiger partial charge in [-0.2, -0.15) is 0 Å². The summed E-state index contributed by atoms with van der Waals surface area (Å²) in [5.74, 6) is 0.651. The molecule has 0 unspecified atom stereocenters. The van der Waals surface area contributed by atoms with Crippen molar-refractivity contribution in [2.24, 2.45) is 4.99 Å². The molecule has 4 nitrogen and oxygen atoms in total. The van der Waals surface area contributed by atoms with E-state index in [1.165, 1.54) is 16.7 Å². The molecule has 4 heteroatoms. The number of hydrogen-bond donors (Lipinski definition) is 0. The van der Waals surface area contributed by atoms with Crippen molar-refractivity contribution >= 4 is 12.0 Å². The summed E-state index contributed by atoms with van der Waals surface area (Å²) in [5, 5.41) is 0. The summed E-state index contributed by atoms with van der Waals surface area (Å²) in [6, 6.07) is 10.9. The predicted octanol–water partition coefficient (Wildman–Crippen LogP) is 4.63. The molecule has 1 heterocycles. The Hall–Kier alpha value is -2.36. The van der Waals surface area contributed by atoms with E-state index in [2.05, 4.69) is 60.8 Å². The number of benzene rings is 1. The van der Waals surface area contributed by atoms with Gasteiger partial charge in [0.1, 0.15) is 0 Å². The zero-order chi connectivity index (χ0) is 18.4. The molecule has 0 amide bonds. The average Bonchev–Trinajstić information content (AvgIpc) is 2.52. The van der Waals surface area contributed by atoms with Crippen molar-refractivity contribution in [2.75, 3.05) is 13.7 Å². The first-order valence-corrected chi connectivity index (χ1v) is 8.79. The van der Waals surface area contributed by atoms with Crippen LogP contribution >= 0.6 is 0 Å². The van der Waals surface area contributed by atoms with Gasteiger partial charge in [-0.3, -0.25) is 0 Å². The first kappa shape index (κ1) is 19.0. The van der Waals surface area contributed by atoms with E-state index >= 15 is 0 Å². The van der Waals surface area contributed by atoms with Crippen molar-refractivity contribution in [2.45, 2.75) is 47.1 Å². The van der Waals surface area contributed by atoms with Crippen molar-refractivity contribution in [1.29, 1.82) is 0 Å². The Kier molecular flexibility index (Phi) is 6.57. The minimum Gasteiger partial charge on any atom is -0.477 e. The summed E-state index contributed by atoms with van der Waals surface area (Å²) in [4.78, 5) is 11.1. The topological polar surface area (TPSA) is 37.7 Å². The van der Waals surface area contributed by atoms with E-state index in [-0.39, 0.29) is 0 Å². The molecule has 0 saturated carbocycles. The standard InChI is InChI=1S/C21H29N3O/c1-15(2)24(6)14-22-20-7-8-21(23-18(20)5)25-10-9-19-12-16(3)11-17(4)13-19/h7-8,11-15H,9-10H2,1-6H3/b22-14+. The molecule has 0 radical (unpaired) electrons. The maximum atomic E-state index is 5.82. The molecule has 2 aromatic rings. The van der Waals surface area contributed by atoms with Gasteiger partial charge in [0.05, 0.1) is 24.3 Å². The highest BCUT2D eigenvalue weighted by Gasteiger charge is 2.04. The number of hydrogen-bond acceptors (Lipinski definition) is 3. The monoisotopic (exact) mass is 339 g/mol. The van der Waals surface area contributed by atoms with Crippen molar-refractivity contribution in [3.8, 4) is 5.88 Å². The van der Waals surface area contributed by atoms with Crippen LogP contribution in [0.4, 0.5) is 5.69 Å². The summed E-state index contributed by atoms with van der Waals surface area (Å²) < 4.78 is 5.82. The van der Waals surface area contributed by atoms with Crippen LogP contribution in [0.25, 0.3) is 0 Å². The largest absolute Gasteiger partial charge is 0.477 e. The van der Waals surface area contributed by atoms with Gasteiger partial charge in [0, 0.05) is 25.6 Å². The third kappa shape index (κ3) is 5.89. The van der Waals surface area contributed by atoms with Crippen LogP contribution in [0, 0.1) is 20.8 Å². The summed E-state index contributed by atoms with van der Waals surface area (Å²) in [7, 11) is 2.02. The van der Waals surface area contributed by atoms with Gasteiger partial charge < -0.3 is 9.64 Å². The lowest BCUT2D eigenvalue weighted by Gasteiger charge is -2.17. The van der Waals surface area contributed by atoms with E-state index in [4.69, 9.17) is 4.74 Å². The number of rotatable bonds is 7. The fourth-order valence-electron chi connectivity index (χ4n) is 2.52. The molecule has 25 heavy (non-hydrogen) atoms. The quantitative estimate of drug-likeness (QED) is 0.545. The molecule has 0 saturated heterocycles. The third-order valence-corrected chi connectivity index (χ3v) is 4.15. The Balaban J connectivity index is 1.94. The van der Waals surface area contributed by atoms with Crippen LogP contribution in [0.1, 0.15) is 36.2 Å². The molecular weight excluding hydrogens is 310 g/mol. The number of aliphatic imine (C=N–C) groups is 1. The number of ether oxygens (including phenoxy) is 1. The minimum atomic E-state index is 0.421. The zero-order valence-corrected chi connectivity index (χ0v) is 16.2. The van der Waals surface area contributed by atoms with Crippen LogP contribution in [0.3, 0.4) is 0 Å². The fourth-order valence-corrected chi connectivity index (χ4v) is 2.52. The second kappa shape index (κ2) is 8.65. The highest BCUT2D eigenvalue weighted by Crippen LogP contribution is 2.20. The van der Waals surface area contributed by atoms with Gasteiger partial charge in [-0.05, 0) is 46.2 Å². The second-order valence-corrected chi connectivity index (χ2v) is 6.85. The molecule has 134 valence electrons. The molecule has 0 aliphatic carbocycles. The smallest absolute Gasteiger partial charge is 0.213 e. The van der Waals surface area contributed by atoms with E-state index in [1.54, 1.807) is 0 Å². The second-order valence-electron chi connectivity index (χ2n) is 6.85. The predicted molar refractivity (Wildman–Crippen MR) is 105 cm³/mol. The van der Waals surface area contributed by atoms with E-state index in [0.717, 1.165) is 17.8 Å². The highest BCUT2D eigenvalue weighted by atomic mass is 16.5. The Labute approximate surface area is 151 Å². The normalized spacial score (nSPS) is 11.3. The van der Waals surface area contributed by atoms with E-state index in [1.807, 2.05) is 32.4 Å². The first-order valence-electron chi connectivity index (χ1n) is 8.79.